The summed E-state index contributed by atoms with van der Waals surface area (Å²) in [6.45, 7) is -1.38. The fraction of sp³-hybridized carbons (Fsp3) is 0.400. The highest BCUT2D eigenvalue weighted by Crippen LogP contribution is 2.37. The predicted octanol–water partition coefficient (Wildman–Crippen LogP) is 3.90. The van der Waals surface area contributed by atoms with Gasteiger partial charge in [-0.25, -0.2) is 13.4 Å². The summed E-state index contributed by atoms with van der Waals surface area (Å²) in [5.41, 5.74) is 0.0735. The molecular weight excluding hydrogens is 494 g/mol. The van der Waals surface area contributed by atoms with Gasteiger partial charge in [0.2, 0.25) is 5.88 Å². The maximum atomic E-state index is 12.7. The number of rotatable bonds is 8. The highest BCUT2D eigenvalue weighted by Gasteiger charge is 2.40. The maximum Gasteiger partial charge on any atom is 0.573 e. The Labute approximate surface area is 190 Å². The molecule has 0 bridgehead atoms. The molecule has 1 aliphatic carbocycles. The fourth-order valence-electron chi connectivity index (χ4n) is 3.23. The largest absolute Gasteiger partial charge is 0.573 e. The Balaban J connectivity index is 1.49. The van der Waals surface area contributed by atoms with Crippen LogP contribution in [-0.2, 0) is 9.84 Å². The lowest BCUT2D eigenvalue weighted by molar-refractivity contribution is -0.274. The van der Waals surface area contributed by atoms with Gasteiger partial charge in [0.05, 0.1) is 15.7 Å². The highest BCUT2D eigenvalue weighted by atomic mass is 32.2. The van der Waals surface area contributed by atoms with E-state index in [0.29, 0.717) is 0 Å². The van der Waals surface area contributed by atoms with Gasteiger partial charge in [-0.1, -0.05) is 6.07 Å². The molecule has 1 N–H and O–H groups in total. The van der Waals surface area contributed by atoms with Crippen LogP contribution in [-0.4, -0.2) is 50.2 Å². The van der Waals surface area contributed by atoms with Crippen LogP contribution in [0.1, 0.15) is 23.2 Å². The van der Waals surface area contributed by atoms with Gasteiger partial charge in [-0.2, -0.15) is 13.2 Å². The molecule has 34 heavy (non-hydrogen) atoms. The van der Waals surface area contributed by atoms with E-state index in [-0.39, 0.29) is 41.6 Å². The minimum absolute atomic E-state index is 0.0735. The zero-order chi connectivity index (χ0) is 25.1. The SMILES string of the molecule is O=C(NC[C@H]1C[C@H](S(=O)(=O)c2cccc(OC(F)(F)F)c2)C1)c1ccc(OCC(F)(F)F)nc1. The molecule has 1 fully saturated rings. The number of ether oxygens (including phenoxy) is 2. The smallest absolute Gasteiger partial charge is 0.468 e. The van der Waals surface area contributed by atoms with Crippen LogP contribution in [0.5, 0.6) is 11.6 Å². The van der Waals surface area contributed by atoms with Crippen LogP contribution in [0, 0.1) is 5.92 Å². The molecular formula is C20H18F6N2O5S. The Hall–Kier alpha value is -3.03. The summed E-state index contributed by atoms with van der Waals surface area (Å²) in [6.07, 6.45) is -8.05. The number of carbonyl (C=O) groups is 1. The molecule has 1 saturated carbocycles. The van der Waals surface area contributed by atoms with Gasteiger partial charge in [0.15, 0.2) is 16.4 Å². The van der Waals surface area contributed by atoms with E-state index in [1.165, 1.54) is 12.1 Å². The van der Waals surface area contributed by atoms with Crippen molar-refractivity contribution in [2.75, 3.05) is 13.2 Å². The maximum absolute atomic E-state index is 12.7. The van der Waals surface area contributed by atoms with Crippen molar-refractivity contribution < 1.29 is 49.0 Å². The van der Waals surface area contributed by atoms with Crippen LogP contribution in [0.4, 0.5) is 26.3 Å². The molecule has 3 rings (SSSR count). The van der Waals surface area contributed by atoms with Gasteiger partial charge < -0.3 is 14.8 Å². The molecule has 0 saturated heterocycles. The summed E-state index contributed by atoms with van der Waals surface area (Å²) < 4.78 is 107. The van der Waals surface area contributed by atoms with Crippen LogP contribution in [0.15, 0.2) is 47.5 Å². The number of pyridine rings is 1. The van der Waals surface area contributed by atoms with Crippen molar-refractivity contribution >= 4 is 15.7 Å². The first-order valence-corrected chi connectivity index (χ1v) is 11.3. The number of aromatic nitrogens is 1. The third-order valence-electron chi connectivity index (χ3n) is 4.93. The number of sulfone groups is 1. The first kappa shape index (κ1) is 25.6. The lowest BCUT2D eigenvalue weighted by Gasteiger charge is -2.34. The van der Waals surface area contributed by atoms with Crippen LogP contribution in [0.25, 0.3) is 0 Å². The number of nitrogens with zero attached hydrogens (tertiary/aromatic N) is 1. The first-order chi connectivity index (χ1) is 15.7. The summed E-state index contributed by atoms with van der Waals surface area (Å²) in [5.74, 6) is -1.68. The number of nitrogens with one attached hydrogen (secondary N) is 1. The molecule has 1 amide bonds. The van der Waals surface area contributed by atoms with Crippen molar-refractivity contribution in [1.82, 2.24) is 10.3 Å². The zero-order valence-corrected chi connectivity index (χ0v) is 18.0. The van der Waals surface area contributed by atoms with Crippen molar-refractivity contribution in [1.29, 1.82) is 0 Å². The van der Waals surface area contributed by atoms with E-state index < -0.39 is 45.9 Å². The second-order valence-corrected chi connectivity index (χ2v) is 9.75. The standard InChI is InChI=1S/C20H18F6N2O5S/c21-19(22,23)11-32-17-5-4-13(10-27-17)18(29)28-9-12-6-16(7-12)34(30,31)15-3-1-2-14(8-15)33-20(24,25)26/h1-5,8,10,12,16H,6-7,9,11H2,(H,28,29)/t12-,16-. The van der Waals surface area contributed by atoms with Crippen LogP contribution >= 0.6 is 0 Å². The number of hydrogen-bond acceptors (Lipinski definition) is 6. The van der Waals surface area contributed by atoms with Crippen molar-refractivity contribution in [3.05, 3.63) is 48.2 Å². The third kappa shape index (κ3) is 6.98. The molecule has 14 heteroatoms. The molecule has 0 atom stereocenters. The molecule has 0 spiro atoms. The highest BCUT2D eigenvalue weighted by molar-refractivity contribution is 7.92. The summed E-state index contributed by atoms with van der Waals surface area (Å²) in [6, 6.07) is 6.49. The number of benzene rings is 1. The van der Waals surface area contributed by atoms with E-state index >= 15 is 0 Å². The van der Waals surface area contributed by atoms with Crippen molar-refractivity contribution in [2.45, 2.75) is 35.5 Å². The third-order valence-corrected chi connectivity index (χ3v) is 7.11. The van der Waals surface area contributed by atoms with Crippen molar-refractivity contribution in [3.8, 4) is 11.6 Å². The molecule has 1 aromatic heterocycles. The molecule has 0 aliphatic heterocycles. The van der Waals surface area contributed by atoms with Gasteiger partial charge in [0, 0.05) is 18.8 Å². The predicted molar refractivity (Wildman–Crippen MR) is 105 cm³/mol. The summed E-state index contributed by atoms with van der Waals surface area (Å²) in [5, 5.41) is 1.77. The van der Waals surface area contributed by atoms with E-state index in [0.717, 1.165) is 30.5 Å². The Bertz CT molecular complexity index is 1110. The first-order valence-electron chi connectivity index (χ1n) is 9.76. The lowest BCUT2D eigenvalue weighted by atomic mass is 9.85. The van der Waals surface area contributed by atoms with Crippen LogP contribution in [0.3, 0.4) is 0 Å². The summed E-state index contributed by atoms with van der Waals surface area (Å²) >= 11 is 0. The van der Waals surface area contributed by atoms with Gasteiger partial charge in [0.25, 0.3) is 5.91 Å². The number of amides is 1. The van der Waals surface area contributed by atoms with Gasteiger partial charge in [-0.05, 0) is 43.0 Å². The number of carbonyl (C=O) groups excluding carboxylic acids is 1. The second-order valence-electron chi connectivity index (χ2n) is 7.53. The normalized spacial score (nSPS) is 18.6. The summed E-state index contributed by atoms with van der Waals surface area (Å²) in [4.78, 5) is 15.5. The molecule has 0 radical (unpaired) electrons. The zero-order valence-electron chi connectivity index (χ0n) is 17.2. The topological polar surface area (TPSA) is 94.6 Å². The van der Waals surface area contributed by atoms with E-state index in [4.69, 9.17) is 0 Å². The molecule has 1 aromatic carbocycles. The molecule has 2 aromatic rings. The number of halogens is 6. The Morgan fingerprint density at radius 2 is 1.79 bits per heavy atom. The van der Waals surface area contributed by atoms with Gasteiger partial charge in [-0.3, -0.25) is 4.79 Å². The average Bonchev–Trinajstić information content (AvgIpc) is 2.69. The number of alkyl halides is 6. The Kier molecular flexibility index (Phi) is 7.29. The quantitative estimate of drug-likeness (QED) is 0.540. The van der Waals surface area contributed by atoms with Gasteiger partial charge >= 0.3 is 12.5 Å². The monoisotopic (exact) mass is 512 g/mol. The van der Waals surface area contributed by atoms with Crippen LogP contribution < -0.4 is 14.8 Å². The number of hydrogen-bond donors (Lipinski definition) is 1. The minimum atomic E-state index is -4.95. The van der Waals surface area contributed by atoms with E-state index in [1.54, 1.807) is 0 Å². The van der Waals surface area contributed by atoms with Gasteiger partial charge in [0.1, 0.15) is 5.75 Å². The minimum Gasteiger partial charge on any atom is -0.468 e. The molecule has 7 nitrogen and oxygen atoms in total. The van der Waals surface area contributed by atoms with Crippen molar-refractivity contribution in [2.24, 2.45) is 5.92 Å². The molecule has 186 valence electrons. The second kappa shape index (κ2) is 9.68. The Morgan fingerprint density at radius 3 is 2.38 bits per heavy atom. The van der Waals surface area contributed by atoms with E-state index in [1.807, 2.05) is 0 Å². The average molecular weight is 512 g/mol. The molecule has 1 aliphatic rings. The van der Waals surface area contributed by atoms with E-state index in [9.17, 15) is 39.6 Å². The molecule has 1 heterocycles. The molecule has 0 unspecified atom stereocenters. The Morgan fingerprint density at radius 1 is 1.09 bits per heavy atom. The summed E-state index contributed by atoms with van der Waals surface area (Å²) in [7, 11) is -3.89. The van der Waals surface area contributed by atoms with E-state index in [2.05, 4.69) is 19.8 Å². The van der Waals surface area contributed by atoms with Gasteiger partial charge in [-0.15, -0.1) is 13.2 Å². The fourth-order valence-corrected chi connectivity index (χ4v) is 5.21. The van der Waals surface area contributed by atoms with Crippen LogP contribution in [0.2, 0.25) is 0 Å². The van der Waals surface area contributed by atoms with Crippen molar-refractivity contribution in [3.63, 3.8) is 0 Å². The lowest BCUT2D eigenvalue weighted by Crippen LogP contribution is -2.42.